The van der Waals surface area contributed by atoms with E-state index in [-0.39, 0.29) is 6.54 Å². The lowest BCUT2D eigenvalue weighted by atomic mass is 10.3. The van der Waals surface area contributed by atoms with Gasteiger partial charge in [0.25, 0.3) is 0 Å². The fraction of sp³-hybridized carbons (Fsp3) is 0.100. The Morgan fingerprint density at radius 1 is 1.14 bits per heavy atom. The van der Waals surface area contributed by atoms with Crippen molar-refractivity contribution in [1.82, 2.24) is 19.3 Å². The normalized spacial score (nSPS) is 11.0. The molecule has 4 rings (SSSR count). The summed E-state index contributed by atoms with van der Waals surface area (Å²) in [6.45, 7) is 1.52. The van der Waals surface area contributed by atoms with E-state index in [2.05, 4.69) is 31.3 Å². The highest BCUT2D eigenvalue weighted by atomic mass is 79.9. The monoisotopic (exact) mass is 453 g/mol. The van der Waals surface area contributed by atoms with E-state index in [4.69, 9.17) is 0 Å². The number of aromatic nitrogens is 4. The zero-order valence-corrected chi connectivity index (χ0v) is 16.9. The molecule has 8 nitrogen and oxygen atoms in total. The van der Waals surface area contributed by atoms with E-state index in [9.17, 15) is 14.4 Å². The number of hydrogen-bond donors (Lipinski definition) is 2. The van der Waals surface area contributed by atoms with Crippen molar-refractivity contribution < 1.29 is 4.79 Å². The first-order chi connectivity index (χ1) is 13.9. The predicted octanol–water partition coefficient (Wildman–Crippen LogP) is 2.59. The molecule has 0 saturated carbocycles. The number of rotatable bonds is 4. The van der Waals surface area contributed by atoms with Crippen LogP contribution >= 0.6 is 15.9 Å². The highest BCUT2D eigenvalue weighted by Gasteiger charge is 2.14. The minimum Gasteiger partial charge on any atom is -0.316 e. The first kappa shape index (κ1) is 18.9. The van der Waals surface area contributed by atoms with Crippen LogP contribution in [0.4, 0.5) is 5.82 Å². The molecule has 2 N–H and O–H groups in total. The maximum absolute atomic E-state index is 12.7. The van der Waals surface area contributed by atoms with E-state index in [1.165, 1.54) is 0 Å². The third-order valence-corrected chi connectivity index (χ3v) is 4.83. The smallest absolute Gasteiger partial charge is 0.316 e. The molecule has 1 amide bonds. The van der Waals surface area contributed by atoms with Crippen LogP contribution < -0.4 is 16.4 Å². The third kappa shape index (κ3) is 3.77. The van der Waals surface area contributed by atoms with Crippen LogP contribution in [0.5, 0.6) is 0 Å². The van der Waals surface area contributed by atoms with E-state index in [1.807, 2.05) is 31.2 Å². The summed E-state index contributed by atoms with van der Waals surface area (Å²) in [5.41, 5.74) is 0.895. The van der Waals surface area contributed by atoms with E-state index in [0.717, 1.165) is 20.4 Å². The lowest BCUT2D eigenvalue weighted by Gasteiger charge is -2.11. The second kappa shape index (κ2) is 7.51. The molecule has 0 fully saturated rings. The van der Waals surface area contributed by atoms with Crippen molar-refractivity contribution in [3.8, 4) is 5.69 Å². The number of halogens is 1. The van der Waals surface area contributed by atoms with Gasteiger partial charge in [0.2, 0.25) is 5.91 Å². The predicted molar refractivity (Wildman–Crippen MR) is 113 cm³/mol. The van der Waals surface area contributed by atoms with Crippen molar-refractivity contribution in [2.75, 3.05) is 5.32 Å². The summed E-state index contributed by atoms with van der Waals surface area (Å²) in [4.78, 5) is 39.5. The molecule has 0 radical (unpaired) electrons. The first-order valence-electron chi connectivity index (χ1n) is 8.77. The molecule has 2 aromatic heterocycles. The van der Waals surface area contributed by atoms with Gasteiger partial charge < -0.3 is 10.3 Å². The molecule has 2 heterocycles. The zero-order valence-electron chi connectivity index (χ0n) is 15.3. The molecule has 0 spiro atoms. The van der Waals surface area contributed by atoms with Crippen LogP contribution in [0.25, 0.3) is 16.7 Å². The number of carbonyl (C=O) groups excluding carboxylic acids is 1. The largest absolute Gasteiger partial charge is 0.317 e. The van der Waals surface area contributed by atoms with E-state index in [0.29, 0.717) is 16.9 Å². The number of H-pyrrole nitrogens is 1. The Morgan fingerprint density at radius 2 is 1.93 bits per heavy atom. The number of nitrogens with one attached hydrogen (secondary N) is 2. The molecule has 146 valence electrons. The number of para-hydroxylation sites is 2. The molecular weight excluding hydrogens is 438 g/mol. The van der Waals surface area contributed by atoms with E-state index >= 15 is 0 Å². The van der Waals surface area contributed by atoms with Gasteiger partial charge in [0, 0.05) is 10.5 Å². The van der Waals surface area contributed by atoms with Crippen molar-refractivity contribution in [3.63, 3.8) is 0 Å². The van der Waals surface area contributed by atoms with Crippen LogP contribution in [0.15, 0.2) is 68.7 Å². The average molecular weight is 454 g/mol. The van der Waals surface area contributed by atoms with Crippen molar-refractivity contribution in [2.45, 2.75) is 13.5 Å². The van der Waals surface area contributed by atoms with Crippen LogP contribution in [0.2, 0.25) is 0 Å². The average Bonchev–Trinajstić information content (AvgIpc) is 3.05. The van der Waals surface area contributed by atoms with Crippen molar-refractivity contribution in [3.05, 3.63) is 85.5 Å². The van der Waals surface area contributed by atoms with Gasteiger partial charge in [0.1, 0.15) is 12.4 Å². The summed E-state index contributed by atoms with van der Waals surface area (Å²) >= 11 is 3.42. The van der Waals surface area contributed by atoms with Crippen molar-refractivity contribution in [2.24, 2.45) is 0 Å². The molecule has 0 saturated heterocycles. The number of carbonyl (C=O) groups is 1. The molecule has 2 aromatic carbocycles. The number of aromatic amines is 1. The van der Waals surface area contributed by atoms with Gasteiger partial charge in [0.05, 0.1) is 22.4 Å². The molecule has 0 aliphatic carbocycles. The van der Waals surface area contributed by atoms with Crippen molar-refractivity contribution >= 4 is 38.7 Å². The van der Waals surface area contributed by atoms with Crippen LogP contribution in [0.3, 0.4) is 0 Å². The second-order valence-corrected chi connectivity index (χ2v) is 7.39. The van der Waals surface area contributed by atoms with Gasteiger partial charge in [-0.05, 0) is 37.3 Å². The summed E-state index contributed by atoms with van der Waals surface area (Å²) in [5, 5.41) is 7.20. The zero-order chi connectivity index (χ0) is 20.5. The van der Waals surface area contributed by atoms with Gasteiger partial charge in [-0.2, -0.15) is 5.10 Å². The van der Waals surface area contributed by atoms with Crippen LogP contribution in [0.1, 0.15) is 5.69 Å². The van der Waals surface area contributed by atoms with Gasteiger partial charge in [-0.25, -0.2) is 4.68 Å². The molecule has 0 atom stereocenters. The summed E-state index contributed by atoms with van der Waals surface area (Å²) in [6, 6.07) is 16.1. The minimum atomic E-state index is -0.782. The molecule has 4 aromatic rings. The summed E-state index contributed by atoms with van der Waals surface area (Å²) in [5.74, 6) is 0.0202. The number of benzene rings is 2. The van der Waals surface area contributed by atoms with Crippen LogP contribution in [-0.2, 0) is 11.3 Å². The Balaban J connectivity index is 1.68. The van der Waals surface area contributed by atoms with Gasteiger partial charge in [-0.15, -0.1) is 0 Å². The molecule has 9 heteroatoms. The number of fused-ring (bicyclic) bond motifs is 1. The minimum absolute atomic E-state index is 0.300. The maximum atomic E-state index is 12.7. The van der Waals surface area contributed by atoms with Gasteiger partial charge >= 0.3 is 11.1 Å². The lowest BCUT2D eigenvalue weighted by Crippen LogP contribution is -2.38. The summed E-state index contributed by atoms with van der Waals surface area (Å²) in [7, 11) is 0. The summed E-state index contributed by atoms with van der Waals surface area (Å²) < 4.78 is 3.65. The molecule has 0 unspecified atom stereocenters. The molecular formula is C20H16BrN5O3. The number of hydrogen-bond acceptors (Lipinski definition) is 4. The second-order valence-electron chi connectivity index (χ2n) is 6.47. The molecule has 29 heavy (non-hydrogen) atoms. The Labute approximate surface area is 172 Å². The van der Waals surface area contributed by atoms with Crippen LogP contribution in [-0.4, -0.2) is 25.2 Å². The third-order valence-electron chi connectivity index (χ3n) is 4.34. The van der Waals surface area contributed by atoms with Gasteiger partial charge in [0.15, 0.2) is 0 Å². The Kier molecular flexibility index (Phi) is 4.89. The number of anilines is 1. The fourth-order valence-electron chi connectivity index (χ4n) is 3.10. The number of nitrogens with zero attached hydrogens (tertiary/aromatic N) is 3. The highest BCUT2D eigenvalue weighted by Crippen LogP contribution is 2.20. The Morgan fingerprint density at radius 3 is 2.72 bits per heavy atom. The fourth-order valence-corrected chi connectivity index (χ4v) is 3.49. The number of amides is 1. The molecule has 0 aliphatic heterocycles. The molecule has 0 bridgehead atoms. The van der Waals surface area contributed by atoms with E-state index in [1.54, 1.807) is 35.0 Å². The van der Waals surface area contributed by atoms with Crippen molar-refractivity contribution in [1.29, 1.82) is 0 Å². The Bertz CT molecular complexity index is 1350. The van der Waals surface area contributed by atoms with E-state index < -0.39 is 17.0 Å². The quantitative estimate of drug-likeness (QED) is 0.463. The molecule has 0 aliphatic rings. The Hall–Kier alpha value is -3.46. The maximum Gasteiger partial charge on any atom is 0.317 e. The number of aryl methyl sites for hydroxylation is 1. The van der Waals surface area contributed by atoms with Gasteiger partial charge in [-0.3, -0.25) is 19.0 Å². The summed E-state index contributed by atoms with van der Waals surface area (Å²) in [6.07, 6.45) is 0. The standard InChI is InChI=1S/C20H16BrN5O3/c1-12-9-17(26(24-12)14-6-4-5-13(21)10-14)23-18(27)11-25-16-8-3-2-7-15(16)22-19(28)20(25)29/h2-10H,11H2,1H3,(H,22,28)(H,23,27). The SMILES string of the molecule is Cc1cc(NC(=O)Cn2c(=O)c(=O)[nH]c3ccccc32)n(-c2cccc(Br)c2)n1. The van der Waals surface area contributed by atoms with Gasteiger partial charge in [-0.1, -0.05) is 34.1 Å². The lowest BCUT2D eigenvalue weighted by molar-refractivity contribution is -0.116. The van der Waals surface area contributed by atoms with Crippen LogP contribution in [0, 0.1) is 6.92 Å². The highest BCUT2D eigenvalue weighted by molar-refractivity contribution is 9.10. The first-order valence-corrected chi connectivity index (χ1v) is 9.56. The topological polar surface area (TPSA) is 102 Å².